The van der Waals surface area contributed by atoms with Crippen LogP contribution in [0.2, 0.25) is 0 Å². The van der Waals surface area contributed by atoms with Gasteiger partial charge in [0.1, 0.15) is 0 Å². The summed E-state index contributed by atoms with van der Waals surface area (Å²) in [5, 5.41) is 0. The Morgan fingerprint density at radius 2 is 1.45 bits per heavy atom. The second kappa shape index (κ2) is 2.38. The Bertz CT molecular complexity index is 142. The highest BCUT2D eigenvalue weighted by atomic mass is 32.1. The molecule has 0 N–H and O–H groups in total. The summed E-state index contributed by atoms with van der Waals surface area (Å²) < 4.78 is 12.9. The molecule has 0 aromatic carbocycles. The minimum Gasteiger partial charge on any atom is -0.250 e. The number of rotatable bonds is 1. The highest BCUT2D eigenvalue weighted by Crippen LogP contribution is 2.54. The molecule has 0 spiro atoms. The van der Waals surface area contributed by atoms with Crippen LogP contribution in [0.15, 0.2) is 0 Å². The summed E-state index contributed by atoms with van der Waals surface area (Å²) in [5.41, 5.74) is 0.0878. The quantitative estimate of drug-likeness (QED) is 0.580. The van der Waals surface area contributed by atoms with Crippen LogP contribution in [0.3, 0.4) is 0 Å². The van der Waals surface area contributed by atoms with Crippen molar-refractivity contribution in [3.8, 4) is 0 Å². The Kier molecular flexibility index (Phi) is 1.71. The highest BCUT2D eigenvalue weighted by molar-refractivity contribution is 7.81. The molecule has 3 fully saturated rings. The van der Waals surface area contributed by atoms with Crippen LogP contribution in [0.4, 0.5) is 4.39 Å². The van der Waals surface area contributed by atoms with Gasteiger partial charge in [0.05, 0.1) is 6.67 Å². The lowest BCUT2D eigenvalue weighted by Gasteiger charge is -2.50. The molecule has 0 aliphatic heterocycles. The molecule has 3 saturated carbocycles. The zero-order valence-electron chi connectivity index (χ0n) is 6.77. The molecule has 11 heavy (non-hydrogen) atoms. The minimum atomic E-state index is -0.100. The molecule has 0 unspecified atom stereocenters. The number of fused-ring (bicyclic) bond motifs is 3. The first-order valence-electron chi connectivity index (χ1n) is 4.47. The van der Waals surface area contributed by atoms with Crippen LogP contribution in [0.25, 0.3) is 0 Å². The van der Waals surface area contributed by atoms with Crippen LogP contribution in [-0.4, -0.2) is 11.4 Å². The minimum absolute atomic E-state index is 0.0878. The third kappa shape index (κ3) is 1.20. The number of hydrogen-bond donors (Lipinski definition) is 1. The fourth-order valence-corrected chi connectivity index (χ4v) is 2.78. The summed E-state index contributed by atoms with van der Waals surface area (Å²) in [7, 11) is 0. The lowest BCUT2D eigenvalue weighted by Crippen LogP contribution is -2.43. The lowest BCUT2D eigenvalue weighted by molar-refractivity contribution is 0.0559. The molecule has 2 bridgehead atoms. The molecule has 3 rings (SSSR count). The van der Waals surface area contributed by atoms with Crippen molar-refractivity contribution in [3.63, 3.8) is 0 Å². The summed E-state index contributed by atoms with van der Waals surface area (Å²) in [6.07, 6.45) is 6.65. The average molecular weight is 174 g/mol. The first-order valence-corrected chi connectivity index (χ1v) is 4.91. The van der Waals surface area contributed by atoms with E-state index in [1.165, 1.54) is 0 Å². The van der Waals surface area contributed by atoms with E-state index >= 15 is 0 Å². The van der Waals surface area contributed by atoms with Gasteiger partial charge in [0.25, 0.3) is 0 Å². The molecule has 64 valence electrons. The molecule has 3 aliphatic carbocycles. The Balaban J connectivity index is 2.12. The molecule has 3 aliphatic rings. The van der Waals surface area contributed by atoms with Gasteiger partial charge in [-0.3, -0.25) is 4.39 Å². The van der Waals surface area contributed by atoms with Gasteiger partial charge in [-0.2, -0.15) is 12.6 Å². The molecule has 0 heterocycles. The molecule has 0 aromatic rings. The van der Waals surface area contributed by atoms with E-state index in [4.69, 9.17) is 0 Å². The lowest BCUT2D eigenvalue weighted by atomic mass is 9.61. The van der Waals surface area contributed by atoms with Gasteiger partial charge in [0.2, 0.25) is 0 Å². The van der Waals surface area contributed by atoms with Gasteiger partial charge in [-0.1, -0.05) is 0 Å². The van der Waals surface area contributed by atoms with Crippen LogP contribution >= 0.6 is 12.6 Å². The average Bonchev–Trinajstić information content (AvgIpc) is 2.07. The summed E-state index contributed by atoms with van der Waals surface area (Å²) in [6.45, 7) is -0.100. The summed E-state index contributed by atoms with van der Waals surface area (Å²) in [5.74, 6) is 0. The van der Waals surface area contributed by atoms with Crippen molar-refractivity contribution in [1.82, 2.24) is 0 Å². The topological polar surface area (TPSA) is 0 Å². The number of hydrogen-bond acceptors (Lipinski definition) is 1. The van der Waals surface area contributed by atoms with Gasteiger partial charge in [-0.25, -0.2) is 0 Å². The van der Waals surface area contributed by atoms with Crippen molar-refractivity contribution in [2.45, 2.75) is 43.3 Å². The Labute approximate surface area is 73.0 Å². The predicted molar refractivity (Wildman–Crippen MR) is 47.8 cm³/mol. The van der Waals surface area contributed by atoms with Crippen molar-refractivity contribution in [2.24, 2.45) is 5.41 Å². The van der Waals surface area contributed by atoms with Crippen LogP contribution in [0.5, 0.6) is 0 Å². The highest BCUT2D eigenvalue weighted by Gasteiger charge is 2.46. The van der Waals surface area contributed by atoms with Crippen LogP contribution in [-0.2, 0) is 0 Å². The SMILES string of the molecule is FCC12CCC(S)(CC1)CC2. The smallest absolute Gasteiger partial charge is 0.0950 e. The molecule has 0 amide bonds. The largest absolute Gasteiger partial charge is 0.250 e. The monoisotopic (exact) mass is 174 g/mol. The molecule has 0 radical (unpaired) electrons. The first-order chi connectivity index (χ1) is 5.18. The van der Waals surface area contributed by atoms with Crippen LogP contribution < -0.4 is 0 Å². The second-order valence-electron chi connectivity index (χ2n) is 4.36. The fourth-order valence-electron chi connectivity index (χ4n) is 2.44. The van der Waals surface area contributed by atoms with Crippen molar-refractivity contribution >= 4 is 12.6 Å². The molecule has 0 nitrogen and oxygen atoms in total. The third-order valence-corrected chi connectivity index (χ3v) is 4.32. The molecular formula is C9H15FS. The summed E-state index contributed by atoms with van der Waals surface area (Å²) in [4.78, 5) is 0. The van der Waals surface area contributed by atoms with Gasteiger partial charge in [0.15, 0.2) is 0 Å². The van der Waals surface area contributed by atoms with Gasteiger partial charge in [0, 0.05) is 4.75 Å². The second-order valence-corrected chi connectivity index (χ2v) is 5.31. The van der Waals surface area contributed by atoms with Gasteiger partial charge in [-0.15, -0.1) is 0 Å². The zero-order valence-corrected chi connectivity index (χ0v) is 7.67. The van der Waals surface area contributed by atoms with Crippen molar-refractivity contribution in [2.75, 3.05) is 6.67 Å². The number of alkyl halides is 1. The normalized spacial score (nSPS) is 49.6. The van der Waals surface area contributed by atoms with Gasteiger partial charge in [-0.05, 0) is 43.9 Å². The van der Waals surface area contributed by atoms with E-state index in [-0.39, 0.29) is 16.8 Å². The Morgan fingerprint density at radius 1 is 1.00 bits per heavy atom. The van der Waals surface area contributed by atoms with E-state index in [9.17, 15) is 4.39 Å². The van der Waals surface area contributed by atoms with E-state index in [0.29, 0.717) is 0 Å². The maximum absolute atomic E-state index is 12.7. The maximum atomic E-state index is 12.7. The Morgan fingerprint density at radius 3 is 1.82 bits per heavy atom. The van der Waals surface area contributed by atoms with Crippen molar-refractivity contribution in [1.29, 1.82) is 0 Å². The van der Waals surface area contributed by atoms with Crippen molar-refractivity contribution < 1.29 is 4.39 Å². The van der Waals surface area contributed by atoms with Gasteiger partial charge >= 0.3 is 0 Å². The number of thiol groups is 1. The van der Waals surface area contributed by atoms with Crippen LogP contribution in [0, 0.1) is 5.41 Å². The first kappa shape index (κ1) is 7.90. The molecule has 0 saturated heterocycles. The fraction of sp³-hybridized carbons (Fsp3) is 1.00. The van der Waals surface area contributed by atoms with E-state index in [1.807, 2.05) is 0 Å². The van der Waals surface area contributed by atoms with Gasteiger partial charge < -0.3 is 0 Å². The molecule has 0 atom stereocenters. The third-order valence-electron chi connectivity index (χ3n) is 3.65. The molecular weight excluding hydrogens is 159 g/mol. The van der Waals surface area contributed by atoms with Crippen molar-refractivity contribution in [3.05, 3.63) is 0 Å². The van der Waals surface area contributed by atoms with E-state index in [0.717, 1.165) is 38.5 Å². The van der Waals surface area contributed by atoms with E-state index in [2.05, 4.69) is 12.6 Å². The van der Waals surface area contributed by atoms with Crippen LogP contribution in [0.1, 0.15) is 38.5 Å². The standard InChI is InChI=1S/C9H15FS/c10-7-8-1-4-9(11,5-2-8)6-3-8/h11H,1-7H2. The molecule has 2 heteroatoms. The zero-order chi connectivity index (χ0) is 7.95. The van der Waals surface area contributed by atoms with E-state index in [1.54, 1.807) is 0 Å². The van der Waals surface area contributed by atoms with E-state index < -0.39 is 0 Å². The predicted octanol–water partition coefficient (Wildman–Crippen LogP) is 2.98. The Hall–Kier alpha value is 0.280. The summed E-state index contributed by atoms with van der Waals surface area (Å²) >= 11 is 4.64. The number of halogens is 1. The summed E-state index contributed by atoms with van der Waals surface area (Å²) in [6, 6.07) is 0. The maximum Gasteiger partial charge on any atom is 0.0950 e. The molecule has 0 aromatic heterocycles.